The molecule has 8 nitrogen and oxygen atoms in total. The van der Waals surface area contributed by atoms with Gasteiger partial charge in [-0.25, -0.2) is 0 Å². The number of rotatable bonds is 9. The highest BCUT2D eigenvalue weighted by Gasteiger charge is 2.42. The fraction of sp³-hybridized carbons (Fsp3) is 0. The minimum absolute atomic E-state index is 0.325. The lowest BCUT2D eigenvalue weighted by Gasteiger charge is -2.35. The number of hydrogen-bond acceptors (Lipinski definition) is 8. The quantitative estimate of drug-likeness (QED) is 0.0874. The van der Waals surface area contributed by atoms with Crippen LogP contribution in [0.3, 0.4) is 0 Å². The van der Waals surface area contributed by atoms with Crippen LogP contribution in [0.5, 0.6) is 5.75 Å². The maximum atomic E-state index is 9.65. The van der Waals surface area contributed by atoms with Crippen LogP contribution in [0, 0.1) is 0 Å². The molecule has 7 N–H and O–H groups in total. The van der Waals surface area contributed by atoms with Gasteiger partial charge in [-0.1, -0.05) is 84.9 Å². The van der Waals surface area contributed by atoms with E-state index in [1.165, 1.54) is 0 Å². The van der Waals surface area contributed by atoms with E-state index in [1.54, 1.807) is 48.5 Å². The fourth-order valence-electron chi connectivity index (χ4n) is 4.56. The molecule has 4 aromatic rings. The molecule has 0 fully saturated rings. The van der Waals surface area contributed by atoms with Crippen molar-refractivity contribution in [2.45, 2.75) is 0 Å². The van der Waals surface area contributed by atoms with Gasteiger partial charge in [0, 0.05) is 0 Å². The largest absolute Gasteiger partial charge is 0.569 e. The lowest BCUT2D eigenvalue weighted by atomic mass is 9.80. The molecular formula is C24H23B4O8Si. The zero-order chi connectivity index (χ0) is 26.6. The Kier molecular flexibility index (Phi) is 8.38. The van der Waals surface area contributed by atoms with Crippen LogP contribution >= 0.6 is 0 Å². The maximum absolute atomic E-state index is 9.65. The molecule has 0 saturated carbocycles. The Morgan fingerprint density at radius 3 is 0.973 bits per heavy atom. The molecule has 0 unspecified atom stereocenters. The predicted molar refractivity (Wildman–Crippen MR) is 148 cm³/mol. The number of benzene rings is 4. The van der Waals surface area contributed by atoms with Crippen molar-refractivity contribution < 1.29 is 39.8 Å². The summed E-state index contributed by atoms with van der Waals surface area (Å²) in [5.41, 5.74) is 0.976. The van der Waals surface area contributed by atoms with Gasteiger partial charge in [0.25, 0.3) is 0 Å². The Bertz CT molecular complexity index is 1180. The van der Waals surface area contributed by atoms with Crippen molar-refractivity contribution in [3.05, 3.63) is 97.1 Å². The van der Waals surface area contributed by atoms with Crippen molar-refractivity contribution in [3.8, 4) is 5.75 Å². The van der Waals surface area contributed by atoms with Crippen LogP contribution in [-0.2, 0) is 0 Å². The van der Waals surface area contributed by atoms with Crippen LogP contribution < -0.4 is 41.8 Å². The number of hydrogen-bond donors (Lipinski definition) is 7. The van der Waals surface area contributed by atoms with Gasteiger partial charge in [0.2, 0.25) is 0 Å². The molecule has 1 radical (unpaired) electrons. The van der Waals surface area contributed by atoms with Crippen molar-refractivity contribution in [2.24, 2.45) is 0 Å². The second-order valence-corrected chi connectivity index (χ2v) is 12.3. The summed E-state index contributed by atoms with van der Waals surface area (Å²) < 4.78 is 5.10. The molecule has 0 amide bonds. The Balaban J connectivity index is 2.04. The molecule has 0 aliphatic rings. The summed E-state index contributed by atoms with van der Waals surface area (Å²) in [4.78, 5) is 0. The summed E-state index contributed by atoms with van der Waals surface area (Å²) in [6.45, 7) is 0. The predicted octanol–water partition coefficient (Wildman–Crippen LogP) is -4.99. The Morgan fingerprint density at radius 2 is 0.730 bits per heavy atom. The molecule has 0 aromatic heterocycles. The van der Waals surface area contributed by atoms with Gasteiger partial charge in [-0.05, 0) is 49.3 Å². The second-order valence-electron chi connectivity index (χ2n) is 8.48. The first kappa shape index (κ1) is 26.9. The van der Waals surface area contributed by atoms with Crippen LogP contribution in [0.15, 0.2) is 97.1 Å². The molecule has 0 saturated heterocycles. The summed E-state index contributed by atoms with van der Waals surface area (Å²) >= 11 is 0. The third-order valence-electron chi connectivity index (χ3n) is 6.40. The smallest absolute Gasteiger partial charge is 0.537 e. The SMILES string of the molecule is O[B]Oc1ccc([Si](c2ccc(B(O)O)cc2)(c2ccc(B(O)O)cc2)c2ccc(B(O)O)cc2)cc1. The zero-order valence-electron chi connectivity index (χ0n) is 19.6. The van der Waals surface area contributed by atoms with Gasteiger partial charge in [-0.3, -0.25) is 0 Å². The maximum Gasteiger partial charge on any atom is 0.569 e. The molecule has 0 bridgehead atoms. The topological polar surface area (TPSA) is 151 Å². The fourth-order valence-corrected chi connectivity index (χ4v) is 9.23. The van der Waals surface area contributed by atoms with Crippen molar-refractivity contribution >= 4 is 74.2 Å². The Labute approximate surface area is 216 Å². The Hall–Kier alpha value is -3.12. The van der Waals surface area contributed by atoms with Crippen LogP contribution in [0.1, 0.15) is 0 Å². The van der Waals surface area contributed by atoms with Gasteiger partial charge in [0.15, 0.2) is 8.07 Å². The van der Waals surface area contributed by atoms with Gasteiger partial charge < -0.3 is 39.8 Å². The van der Waals surface area contributed by atoms with E-state index < -0.39 is 29.4 Å². The van der Waals surface area contributed by atoms with Crippen LogP contribution in [0.2, 0.25) is 0 Å². The molecule has 4 aromatic carbocycles. The monoisotopic (exact) mass is 511 g/mol. The molecule has 0 heterocycles. The molecule has 0 atom stereocenters. The molecule has 13 heteroatoms. The van der Waals surface area contributed by atoms with Gasteiger partial charge >= 0.3 is 29.0 Å². The van der Waals surface area contributed by atoms with E-state index in [1.807, 2.05) is 48.5 Å². The first-order chi connectivity index (χ1) is 17.8. The third kappa shape index (κ3) is 5.44. The summed E-state index contributed by atoms with van der Waals surface area (Å²) in [7, 11) is -7.44. The first-order valence-corrected chi connectivity index (χ1v) is 13.4. The van der Waals surface area contributed by atoms with Crippen molar-refractivity contribution in [3.63, 3.8) is 0 Å². The molecule has 37 heavy (non-hydrogen) atoms. The highest BCUT2D eigenvalue weighted by molar-refractivity contribution is 7.20. The van der Waals surface area contributed by atoms with Crippen molar-refractivity contribution in [1.82, 2.24) is 0 Å². The van der Waals surface area contributed by atoms with E-state index in [2.05, 4.69) is 0 Å². The lowest BCUT2D eigenvalue weighted by Crippen LogP contribution is -2.75. The van der Waals surface area contributed by atoms with Crippen molar-refractivity contribution in [2.75, 3.05) is 0 Å². The molecule has 4 rings (SSSR count). The van der Waals surface area contributed by atoms with Crippen LogP contribution in [-0.4, -0.2) is 72.3 Å². The van der Waals surface area contributed by atoms with Gasteiger partial charge in [0.05, 0.1) is 5.75 Å². The summed E-state index contributed by atoms with van der Waals surface area (Å²) in [6, 6.07) is 28.0. The molecular weight excluding hydrogens is 488 g/mol. The van der Waals surface area contributed by atoms with Gasteiger partial charge in [0.1, 0.15) is 0 Å². The summed E-state index contributed by atoms with van der Waals surface area (Å²) in [6.07, 6.45) is 0. The summed E-state index contributed by atoms with van der Waals surface area (Å²) in [5, 5.41) is 70.5. The highest BCUT2D eigenvalue weighted by atomic mass is 28.3. The minimum atomic E-state index is -3.14. The molecule has 0 aliphatic heterocycles. The van der Waals surface area contributed by atoms with E-state index in [0.29, 0.717) is 29.8 Å². The molecule has 0 spiro atoms. The average molecular weight is 511 g/mol. The normalized spacial score (nSPS) is 11.1. The molecule has 0 aliphatic carbocycles. The van der Waals surface area contributed by atoms with Crippen LogP contribution in [0.4, 0.5) is 0 Å². The Morgan fingerprint density at radius 1 is 0.459 bits per heavy atom. The van der Waals surface area contributed by atoms with E-state index >= 15 is 0 Å². The third-order valence-corrected chi connectivity index (χ3v) is 11.2. The van der Waals surface area contributed by atoms with E-state index in [9.17, 15) is 30.1 Å². The summed E-state index contributed by atoms with van der Waals surface area (Å²) in [5.74, 6) is 0.422. The van der Waals surface area contributed by atoms with Crippen molar-refractivity contribution in [1.29, 1.82) is 0 Å². The van der Waals surface area contributed by atoms with E-state index in [0.717, 1.165) is 20.7 Å². The average Bonchev–Trinajstić information content (AvgIpc) is 2.91. The van der Waals surface area contributed by atoms with E-state index in [-0.39, 0.29) is 0 Å². The minimum Gasteiger partial charge on any atom is -0.537 e. The van der Waals surface area contributed by atoms with Crippen LogP contribution in [0.25, 0.3) is 0 Å². The van der Waals surface area contributed by atoms with Gasteiger partial charge in [-0.15, -0.1) is 0 Å². The molecule has 183 valence electrons. The standard InChI is InChI=1S/C24H23B4O8Si/c29-25-36-20-7-15-24(16-8-20)37(21-9-1-17(2-10-21)26(30)31,22-11-3-18(4-12-22)27(32)33)23-13-5-19(6-14-23)28(34)35/h1-16,29-35H. The van der Waals surface area contributed by atoms with Gasteiger partial charge in [-0.2, -0.15) is 0 Å². The lowest BCUT2D eigenvalue weighted by molar-refractivity contribution is 0.424. The zero-order valence-corrected chi connectivity index (χ0v) is 20.6. The van der Waals surface area contributed by atoms with E-state index in [4.69, 9.17) is 9.68 Å². The highest BCUT2D eigenvalue weighted by Crippen LogP contribution is 2.13. The second kappa shape index (κ2) is 11.5. The first-order valence-electron chi connectivity index (χ1n) is 11.4.